The standard InChI is InChI=1S/C28H24ClIN3O3/c1-3-36-26-11-18-14-30-17-32-28(23(18)13-25(26)35-2)31-15-19-16-33(21-7-5-4-6-8-21)24-12-20(29)9-10-22(24)27(19)34/h4-14,16-17,31H,3,15H2,1-2H3/q-1. The summed E-state index contributed by atoms with van der Waals surface area (Å²) in [4.78, 5) is 18.1. The average molecular weight is 613 g/mol. The predicted molar refractivity (Wildman–Crippen MR) is 141 cm³/mol. The molecule has 36 heavy (non-hydrogen) atoms. The number of hydrogen-bond acceptors (Lipinski definition) is 5. The second kappa shape index (κ2) is 10.8. The molecule has 0 bridgehead atoms. The molecular formula is C28H24ClIN3O3-. The van der Waals surface area contributed by atoms with Crippen LogP contribution in [0.25, 0.3) is 26.5 Å². The molecule has 184 valence electrons. The molecule has 0 fully saturated rings. The summed E-state index contributed by atoms with van der Waals surface area (Å²) < 4.78 is 17.5. The van der Waals surface area contributed by atoms with Gasteiger partial charge in [-0.15, -0.1) is 0 Å². The van der Waals surface area contributed by atoms with E-state index in [1.165, 1.54) is 0 Å². The van der Waals surface area contributed by atoms with Crippen LogP contribution in [0.1, 0.15) is 12.5 Å². The fourth-order valence-corrected chi connectivity index (χ4v) is 5.81. The van der Waals surface area contributed by atoms with E-state index in [0.717, 1.165) is 21.6 Å². The van der Waals surface area contributed by atoms with Crippen LogP contribution >= 0.6 is 11.6 Å². The summed E-state index contributed by atoms with van der Waals surface area (Å²) in [7, 11) is 1.63. The first kappa shape index (κ1) is 24.4. The van der Waals surface area contributed by atoms with Crippen molar-refractivity contribution >= 4 is 36.6 Å². The van der Waals surface area contributed by atoms with Crippen LogP contribution in [-0.2, 0) is 6.54 Å². The Labute approximate surface area is 223 Å². The number of methoxy groups -OCH3 is 1. The number of pyridine rings is 1. The quantitative estimate of drug-likeness (QED) is 0.314. The zero-order valence-corrected chi connectivity index (χ0v) is 22.7. The van der Waals surface area contributed by atoms with E-state index in [0.29, 0.717) is 46.4 Å². The molecule has 0 atom stereocenters. The second-order valence-electron chi connectivity index (χ2n) is 8.04. The Morgan fingerprint density at radius 1 is 1.08 bits per heavy atom. The fourth-order valence-electron chi connectivity index (χ4n) is 4.14. The van der Waals surface area contributed by atoms with Crippen molar-refractivity contribution in [3.8, 4) is 17.2 Å². The van der Waals surface area contributed by atoms with Crippen LogP contribution in [0.5, 0.6) is 11.5 Å². The Balaban J connectivity index is 1.61. The number of rotatable bonds is 7. The van der Waals surface area contributed by atoms with Crippen LogP contribution in [0.4, 0.5) is 0 Å². The molecule has 1 N–H and O–H groups in total. The van der Waals surface area contributed by atoms with Gasteiger partial charge in [-0.1, -0.05) is 0 Å². The summed E-state index contributed by atoms with van der Waals surface area (Å²) in [5.41, 5.74) is 2.30. The fraction of sp³-hybridized carbons (Fsp3) is 0.143. The minimum atomic E-state index is -0.354. The number of aliphatic imine (C=N–C) groups is 1. The SMILES string of the molecule is CCOc1cc2c(cc1OC)=C(NCc1cn(-c3ccccc3)c3cc(Cl)ccc3c1=O)N=C[I-]C=2. The Hall–Kier alpha value is -3.30. The van der Waals surface area contributed by atoms with E-state index in [9.17, 15) is 4.79 Å². The minimum absolute atomic E-state index is 0.0389. The van der Waals surface area contributed by atoms with Crippen molar-refractivity contribution in [1.29, 1.82) is 0 Å². The second-order valence-corrected chi connectivity index (χ2v) is 10.4. The summed E-state index contributed by atoms with van der Waals surface area (Å²) in [5, 5.41) is 6.56. The molecule has 0 saturated heterocycles. The molecule has 8 heteroatoms. The Morgan fingerprint density at radius 3 is 2.69 bits per heavy atom. The monoisotopic (exact) mass is 612 g/mol. The van der Waals surface area contributed by atoms with Gasteiger partial charge in [-0.2, -0.15) is 0 Å². The van der Waals surface area contributed by atoms with Crippen molar-refractivity contribution in [2.24, 2.45) is 4.99 Å². The van der Waals surface area contributed by atoms with Crippen molar-refractivity contribution < 1.29 is 30.7 Å². The molecule has 1 aliphatic heterocycles. The van der Waals surface area contributed by atoms with Gasteiger partial charge in [0.2, 0.25) is 0 Å². The van der Waals surface area contributed by atoms with Crippen LogP contribution in [0.3, 0.4) is 0 Å². The summed E-state index contributed by atoms with van der Waals surface area (Å²) >= 11 is 5.93. The maximum atomic E-state index is 13.4. The van der Waals surface area contributed by atoms with Gasteiger partial charge in [0, 0.05) is 0 Å². The molecule has 5 rings (SSSR count). The van der Waals surface area contributed by atoms with Crippen molar-refractivity contribution in [2.45, 2.75) is 13.5 Å². The van der Waals surface area contributed by atoms with Crippen LogP contribution in [0, 0.1) is 0 Å². The molecular weight excluding hydrogens is 589 g/mol. The number of benzene rings is 3. The van der Waals surface area contributed by atoms with Gasteiger partial charge >= 0.3 is 225 Å². The van der Waals surface area contributed by atoms with Crippen molar-refractivity contribution in [3.05, 3.63) is 98.1 Å². The molecule has 1 aromatic heterocycles. The Kier molecular flexibility index (Phi) is 7.29. The van der Waals surface area contributed by atoms with E-state index in [4.69, 9.17) is 26.1 Å². The molecule has 0 spiro atoms. The number of halogens is 2. The van der Waals surface area contributed by atoms with Crippen LogP contribution < -0.4 is 51.9 Å². The molecule has 6 nitrogen and oxygen atoms in total. The van der Waals surface area contributed by atoms with E-state index < -0.39 is 0 Å². The predicted octanol–water partition coefficient (Wildman–Crippen LogP) is 0.776. The zero-order valence-electron chi connectivity index (χ0n) is 19.8. The molecule has 1 aliphatic rings. The molecule has 2 heterocycles. The first-order valence-corrected chi connectivity index (χ1v) is 14.3. The van der Waals surface area contributed by atoms with Gasteiger partial charge in [0.05, 0.1) is 0 Å². The third kappa shape index (κ3) is 4.85. The molecule has 3 aromatic carbocycles. The molecule has 0 unspecified atom stereocenters. The van der Waals surface area contributed by atoms with Gasteiger partial charge < -0.3 is 0 Å². The van der Waals surface area contributed by atoms with Gasteiger partial charge in [-0.05, 0) is 0 Å². The first-order valence-electron chi connectivity index (χ1n) is 11.4. The number of fused-ring (bicyclic) bond motifs is 2. The van der Waals surface area contributed by atoms with E-state index >= 15 is 0 Å². The number of nitrogens with zero attached hydrogens (tertiary/aromatic N) is 2. The Morgan fingerprint density at radius 2 is 1.92 bits per heavy atom. The molecule has 0 saturated carbocycles. The number of aromatic nitrogens is 1. The van der Waals surface area contributed by atoms with Crippen LogP contribution in [0.15, 0.2) is 76.6 Å². The maximum absolute atomic E-state index is 13.4. The first-order chi connectivity index (χ1) is 17.6. The normalized spacial score (nSPS) is 12.8. The van der Waals surface area contributed by atoms with Gasteiger partial charge in [0.25, 0.3) is 0 Å². The summed E-state index contributed by atoms with van der Waals surface area (Å²) in [6.07, 6.45) is 1.88. The number of hydrogen-bond donors (Lipinski definition) is 1. The molecule has 0 amide bonds. The van der Waals surface area contributed by atoms with Crippen LogP contribution in [0.2, 0.25) is 5.02 Å². The van der Waals surface area contributed by atoms with Crippen molar-refractivity contribution in [2.75, 3.05) is 13.7 Å². The van der Waals surface area contributed by atoms with E-state index in [1.54, 1.807) is 19.2 Å². The summed E-state index contributed by atoms with van der Waals surface area (Å²) in [5.74, 6) is 2.05. The van der Waals surface area contributed by atoms with E-state index in [1.807, 2.05) is 70.4 Å². The molecule has 0 aliphatic carbocycles. The third-order valence-electron chi connectivity index (χ3n) is 5.83. The molecule has 0 radical (unpaired) electrons. The third-order valence-corrected chi connectivity index (χ3v) is 7.69. The average Bonchev–Trinajstić information content (AvgIpc) is 3.10. The molecule has 4 aromatic rings. The summed E-state index contributed by atoms with van der Waals surface area (Å²) in [6, 6.07) is 19.2. The van der Waals surface area contributed by atoms with Crippen molar-refractivity contribution in [3.63, 3.8) is 0 Å². The van der Waals surface area contributed by atoms with E-state index in [-0.39, 0.29) is 26.6 Å². The Bertz CT molecular complexity index is 1650. The zero-order chi connectivity index (χ0) is 25.1. The van der Waals surface area contributed by atoms with Gasteiger partial charge in [0.1, 0.15) is 0 Å². The number of para-hydroxylation sites is 1. The number of nitrogens with one attached hydrogen (secondary N) is 1. The summed E-state index contributed by atoms with van der Waals surface area (Å²) in [6.45, 7) is 2.81. The van der Waals surface area contributed by atoms with Gasteiger partial charge in [-0.25, -0.2) is 0 Å². The van der Waals surface area contributed by atoms with Gasteiger partial charge in [-0.3, -0.25) is 0 Å². The van der Waals surface area contributed by atoms with E-state index in [2.05, 4.69) is 9.40 Å². The van der Waals surface area contributed by atoms with Gasteiger partial charge in [0.15, 0.2) is 0 Å². The number of ether oxygens (including phenoxy) is 2. The van der Waals surface area contributed by atoms with Crippen LogP contribution in [-0.4, -0.2) is 22.5 Å². The topological polar surface area (TPSA) is 64.8 Å². The van der Waals surface area contributed by atoms with Crippen molar-refractivity contribution in [1.82, 2.24) is 9.88 Å².